The van der Waals surface area contributed by atoms with Crippen LogP contribution in [0.3, 0.4) is 0 Å². The summed E-state index contributed by atoms with van der Waals surface area (Å²) in [6.45, 7) is 8.83. The summed E-state index contributed by atoms with van der Waals surface area (Å²) in [6, 6.07) is 3.89. The van der Waals surface area contributed by atoms with Gasteiger partial charge in [0.05, 0.1) is 0 Å². The van der Waals surface area contributed by atoms with Gasteiger partial charge in [-0.05, 0) is 46.4 Å². The lowest BCUT2D eigenvalue weighted by Crippen LogP contribution is -2.41. The third kappa shape index (κ3) is 7.29. The Morgan fingerprint density at radius 1 is 1.48 bits per heavy atom. The summed E-state index contributed by atoms with van der Waals surface area (Å²) in [4.78, 5) is 17.8. The first-order valence-electron chi connectivity index (χ1n) is 6.95. The minimum absolute atomic E-state index is 0.174. The highest BCUT2D eigenvalue weighted by Crippen LogP contribution is 2.09. The number of likely N-dealkylation sites (N-methyl/N-ethyl adjacent to an activating group) is 1. The van der Waals surface area contributed by atoms with Crippen molar-refractivity contribution in [3.8, 4) is 0 Å². The molecule has 1 aromatic rings. The largest absolute Gasteiger partial charge is 0.444 e. The molecule has 0 fully saturated rings. The van der Waals surface area contributed by atoms with Gasteiger partial charge in [0.1, 0.15) is 10.8 Å². The van der Waals surface area contributed by atoms with Crippen LogP contribution in [0.25, 0.3) is 0 Å². The van der Waals surface area contributed by atoms with Gasteiger partial charge in [-0.2, -0.15) is 0 Å². The first-order valence-corrected chi connectivity index (χ1v) is 7.32. The molecule has 0 saturated carbocycles. The maximum absolute atomic E-state index is 11.6. The van der Waals surface area contributed by atoms with E-state index in [1.807, 2.05) is 40.8 Å². The normalized spacial score (nSPS) is 13.1. The van der Waals surface area contributed by atoms with Crippen molar-refractivity contribution in [3.63, 3.8) is 0 Å². The Balaban J connectivity index is 2.39. The van der Waals surface area contributed by atoms with Gasteiger partial charge in [-0.3, -0.25) is 4.90 Å². The van der Waals surface area contributed by atoms with E-state index in [1.165, 1.54) is 0 Å². The average molecular weight is 314 g/mol. The summed E-state index contributed by atoms with van der Waals surface area (Å²) in [7, 11) is 2.00. The second kappa shape index (κ2) is 7.61. The van der Waals surface area contributed by atoms with Crippen molar-refractivity contribution in [2.45, 2.75) is 45.9 Å². The van der Waals surface area contributed by atoms with Crippen LogP contribution in [-0.2, 0) is 11.3 Å². The number of hydrogen-bond acceptors (Lipinski definition) is 4. The lowest BCUT2D eigenvalue weighted by molar-refractivity contribution is 0.0512. The van der Waals surface area contributed by atoms with Crippen molar-refractivity contribution in [1.29, 1.82) is 0 Å². The number of nitrogens with one attached hydrogen (secondary N) is 1. The van der Waals surface area contributed by atoms with Gasteiger partial charge < -0.3 is 10.1 Å². The van der Waals surface area contributed by atoms with E-state index < -0.39 is 11.7 Å². The zero-order chi connectivity index (χ0) is 16.0. The van der Waals surface area contributed by atoms with Gasteiger partial charge in [0, 0.05) is 25.3 Å². The van der Waals surface area contributed by atoms with Crippen LogP contribution in [0.4, 0.5) is 4.79 Å². The zero-order valence-electron chi connectivity index (χ0n) is 13.3. The number of alkyl carbamates (subject to hydrolysis) is 1. The molecule has 0 aromatic carbocycles. The minimum atomic E-state index is -0.478. The molecule has 118 valence electrons. The lowest BCUT2D eigenvalue weighted by atomic mass is 10.2. The molecule has 0 spiro atoms. The number of halogens is 1. The Morgan fingerprint density at radius 2 is 2.14 bits per heavy atom. The van der Waals surface area contributed by atoms with Gasteiger partial charge in [-0.25, -0.2) is 9.78 Å². The molecule has 0 bridgehead atoms. The molecule has 0 saturated heterocycles. The monoisotopic (exact) mass is 313 g/mol. The number of carbonyl (C=O) groups is 1. The first-order chi connectivity index (χ1) is 9.67. The number of hydrogen-bond donors (Lipinski definition) is 1. The summed E-state index contributed by atoms with van der Waals surface area (Å²) >= 11 is 5.76. The maximum Gasteiger partial charge on any atom is 0.407 e. The number of aromatic nitrogens is 1. The molecule has 1 aromatic heterocycles. The molecule has 0 aliphatic heterocycles. The SMILES string of the molecule is CC(CNC(=O)OC(C)(C)C)N(C)Cc1ccc(Cl)nc1. The maximum atomic E-state index is 11.6. The smallest absolute Gasteiger partial charge is 0.407 e. The molecule has 1 atom stereocenters. The van der Waals surface area contributed by atoms with Gasteiger partial charge >= 0.3 is 6.09 Å². The van der Waals surface area contributed by atoms with Crippen LogP contribution >= 0.6 is 11.6 Å². The van der Waals surface area contributed by atoms with Gasteiger partial charge in [-0.15, -0.1) is 0 Å². The van der Waals surface area contributed by atoms with Crippen LogP contribution in [0.15, 0.2) is 18.3 Å². The van der Waals surface area contributed by atoms with Crippen molar-refractivity contribution in [2.75, 3.05) is 13.6 Å². The van der Waals surface area contributed by atoms with E-state index in [0.29, 0.717) is 11.7 Å². The number of amides is 1. The molecule has 0 radical (unpaired) electrons. The second-order valence-electron chi connectivity index (χ2n) is 6.14. The molecule has 1 rings (SSSR count). The Labute approximate surface area is 131 Å². The molecular weight excluding hydrogens is 290 g/mol. The predicted octanol–water partition coefficient (Wildman–Crippen LogP) is 3.08. The van der Waals surface area contributed by atoms with E-state index in [4.69, 9.17) is 16.3 Å². The molecule has 1 unspecified atom stereocenters. The third-order valence-corrected chi connectivity index (χ3v) is 3.14. The fourth-order valence-electron chi connectivity index (χ4n) is 1.64. The van der Waals surface area contributed by atoms with Crippen LogP contribution in [0, 0.1) is 0 Å². The molecule has 0 aliphatic carbocycles. The second-order valence-corrected chi connectivity index (χ2v) is 6.52. The summed E-state index contributed by atoms with van der Waals surface area (Å²) in [5, 5.41) is 3.26. The van der Waals surface area contributed by atoms with E-state index >= 15 is 0 Å². The van der Waals surface area contributed by atoms with Crippen molar-refractivity contribution >= 4 is 17.7 Å². The van der Waals surface area contributed by atoms with E-state index in [0.717, 1.165) is 12.1 Å². The highest BCUT2D eigenvalue weighted by molar-refractivity contribution is 6.29. The number of pyridine rings is 1. The van der Waals surface area contributed by atoms with Gasteiger partial charge in [-0.1, -0.05) is 17.7 Å². The van der Waals surface area contributed by atoms with Crippen LogP contribution in [-0.4, -0.2) is 41.2 Å². The number of ether oxygens (including phenoxy) is 1. The molecule has 5 nitrogen and oxygen atoms in total. The Kier molecular flexibility index (Phi) is 6.42. The lowest BCUT2D eigenvalue weighted by Gasteiger charge is -2.26. The van der Waals surface area contributed by atoms with E-state index in [1.54, 1.807) is 12.3 Å². The molecule has 21 heavy (non-hydrogen) atoms. The molecule has 1 heterocycles. The average Bonchev–Trinajstić information content (AvgIpc) is 2.36. The Hall–Kier alpha value is -1.33. The van der Waals surface area contributed by atoms with Crippen molar-refractivity contribution in [2.24, 2.45) is 0 Å². The highest BCUT2D eigenvalue weighted by Gasteiger charge is 2.17. The van der Waals surface area contributed by atoms with Crippen molar-refractivity contribution < 1.29 is 9.53 Å². The quantitative estimate of drug-likeness (QED) is 0.849. The van der Waals surface area contributed by atoms with Crippen LogP contribution in [0.5, 0.6) is 0 Å². The fraction of sp³-hybridized carbons (Fsp3) is 0.600. The first kappa shape index (κ1) is 17.7. The summed E-state index contributed by atoms with van der Waals surface area (Å²) < 4.78 is 5.21. The topological polar surface area (TPSA) is 54.5 Å². The summed E-state index contributed by atoms with van der Waals surface area (Å²) in [5.74, 6) is 0. The van der Waals surface area contributed by atoms with Gasteiger partial charge in [0.25, 0.3) is 0 Å². The molecule has 6 heteroatoms. The standard InChI is InChI=1S/C15H24ClN3O2/c1-11(8-18-14(20)21-15(2,3)4)19(5)10-12-6-7-13(16)17-9-12/h6-7,9,11H,8,10H2,1-5H3,(H,18,20). The van der Waals surface area contributed by atoms with Crippen LogP contribution in [0.2, 0.25) is 5.15 Å². The van der Waals surface area contributed by atoms with E-state index in [9.17, 15) is 4.79 Å². The molecule has 0 aliphatic rings. The molecular formula is C15H24ClN3O2. The number of rotatable bonds is 5. The highest BCUT2D eigenvalue weighted by atomic mass is 35.5. The fourth-order valence-corrected chi connectivity index (χ4v) is 1.76. The van der Waals surface area contributed by atoms with Crippen LogP contribution in [0.1, 0.15) is 33.3 Å². The van der Waals surface area contributed by atoms with Crippen molar-refractivity contribution in [1.82, 2.24) is 15.2 Å². The zero-order valence-corrected chi connectivity index (χ0v) is 14.1. The van der Waals surface area contributed by atoms with E-state index in [-0.39, 0.29) is 6.04 Å². The van der Waals surface area contributed by atoms with Gasteiger partial charge in [0.2, 0.25) is 0 Å². The van der Waals surface area contributed by atoms with Crippen LogP contribution < -0.4 is 5.32 Å². The number of nitrogens with zero attached hydrogens (tertiary/aromatic N) is 2. The third-order valence-electron chi connectivity index (χ3n) is 2.91. The minimum Gasteiger partial charge on any atom is -0.444 e. The summed E-state index contributed by atoms with van der Waals surface area (Å²) in [6.07, 6.45) is 1.36. The molecule has 1 amide bonds. The number of carbonyl (C=O) groups excluding carboxylic acids is 1. The molecule has 1 N–H and O–H groups in total. The Bertz CT molecular complexity index is 457. The Morgan fingerprint density at radius 3 is 2.67 bits per heavy atom. The van der Waals surface area contributed by atoms with Crippen molar-refractivity contribution in [3.05, 3.63) is 29.0 Å². The summed E-state index contributed by atoms with van der Waals surface area (Å²) in [5.41, 5.74) is 0.597. The predicted molar refractivity (Wildman–Crippen MR) is 84.4 cm³/mol. The van der Waals surface area contributed by atoms with E-state index in [2.05, 4.69) is 15.2 Å². The van der Waals surface area contributed by atoms with Gasteiger partial charge in [0.15, 0.2) is 0 Å².